The van der Waals surface area contributed by atoms with Crippen molar-refractivity contribution in [3.63, 3.8) is 0 Å². The molecule has 0 aromatic heterocycles. The van der Waals surface area contributed by atoms with Crippen LogP contribution in [0.5, 0.6) is 0 Å². The normalized spacial score (nSPS) is 23.8. The third-order valence-electron chi connectivity index (χ3n) is 3.75. The van der Waals surface area contributed by atoms with Crippen LogP contribution in [0, 0.1) is 17.8 Å². The highest BCUT2D eigenvalue weighted by molar-refractivity contribution is 5.15. The molecule has 3 unspecified atom stereocenters. The van der Waals surface area contributed by atoms with Crippen LogP contribution in [0.25, 0.3) is 0 Å². The van der Waals surface area contributed by atoms with Crippen LogP contribution in [0.2, 0.25) is 0 Å². The average Bonchev–Trinajstić information content (AvgIpc) is 1.98. The first-order chi connectivity index (χ1) is 5.66. The standard InChI is InChI=1S/C12H22/c1-5-9(2)10(3)11(4)12-7-6-8-12/h7,9-11H,5-6,8H2,1-4H3. The lowest BCUT2D eigenvalue weighted by atomic mass is 9.75. The smallest absolute Gasteiger partial charge is 0.0203 e. The molecule has 0 aromatic rings. The second kappa shape index (κ2) is 4.11. The zero-order valence-electron chi connectivity index (χ0n) is 8.93. The lowest BCUT2D eigenvalue weighted by molar-refractivity contribution is 0.293. The van der Waals surface area contributed by atoms with Gasteiger partial charge in [0.05, 0.1) is 0 Å². The van der Waals surface area contributed by atoms with Gasteiger partial charge in [0.1, 0.15) is 0 Å². The van der Waals surface area contributed by atoms with Crippen LogP contribution in [-0.2, 0) is 0 Å². The molecule has 1 aliphatic carbocycles. The molecule has 0 amide bonds. The van der Waals surface area contributed by atoms with Gasteiger partial charge in [-0.15, -0.1) is 0 Å². The van der Waals surface area contributed by atoms with Gasteiger partial charge in [-0.3, -0.25) is 0 Å². The highest BCUT2D eigenvalue weighted by atomic mass is 14.3. The molecule has 0 nitrogen and oxygen atoms in total. The first-order valence-corrected chi connectivity index (χ1v) is 5.35. The van der Waals surface area contributed by atoms with Crippen molar-refractivity contribution >= 4 is 0 Å². The molecule has 0 fully saturated rings. The van der Waals surface area contributed by atoms with E-state index in [1.165, 1.54) is 19.3 Å². The van der Waals surface area contributed by atoms with Gasteiger partial charge in [-0.1, -0.05) is 45.8 Å². The minimum Gasteiger partial charge on any atom is -0.0847 e. The maximum absolute atomic E-state index is 2.42. The molecule has 0 radical (unpaired) electrons. The van der Waals surface area contributed by atoms with Crippen LogP contribution in [-0.4, -0.2) is 0 Å². The summed E-state index contributed by atoms with van der Waals surface area (Å²) in [6.45, 7) is 9.46. The van der Waals surface area contributed by atoms with E-state index in [0.29, 0.717) is 0 Å². The van der Waals surface area contributed by atoms with Crippen molar-refractivity contribution in [2.45, 2.75) is 47.0 Å². The van der Waals surface area contributed by atoms with Gasteiger partial charge in [-0.05, 0) is 30.6 Å². The lowest BCUT2D eigenvalue weighted by Crippen LogP contribution is -2.20. The van der Waals surface area contributed by atoms with E-state index in [-0.39, 0.29) is 0 Å². The molecule has 0 aromatic carbocycles. The SMILES string of the molecule is CCC(C)C(C)C(C)C1=CCC1. The first-order valence-electron chi connectivity index (χ1n) is 5.35. The minimum absolute atomic E-state index is 0.827. The summed E-state index contributed by atoms with van der Waals surface area (Å²) in [7, 11) is 0. The van der Waals surface area contributed by atoms with Crippen LogP contribution in [0.15, 0.2) is 11.6 Å². The van der Waals surface area contributed by atoms with Gasteiger partial charge in [0.15, 0.2) is 0 Å². The van der Waals surface area contributed by atoms with Crippen molar-refractivity contribution in [3.05, 3.63) is 11.6 Å². The predicted octanol–water partition coefficient (Wildman–Crippen LogP) is 4.02. The van der Waals surface area contributed by atoms with Crippen LogP contribution >= 0.6 is 0 Å². The van der Waals surface area contributed by atoms with Crippen molar-refractivity contribution in [1.29, 1.82) is 0 Å². The number of hydrogen-bond acceptors (Lipinski definition) is 0. The van der Waals surface area contributed by atoms with Gasteiger partial charge < -0.3 is 0 Å². The van der Waals surface area contributed by atoms with Crippen LogP contribution < -0.4 is 0 Å². The van der Waals surface area contributed by atoms with Gasteiger partial charge in [-0.2, -0.15) is 0 Å². The number of allylic oxidation sites excluding steroid dienone is 2. The molecule has 0 heterocycles. The van der Waals surface area contributed by atoms with Gasteiger partial charge >= 0.3 is 0 Å². The van der Waals surface area contributed by atoms with Crippen LogP contribution in [0.4, 0.5) is 0 Å². The van der Waals surface area contributed by atoms with E-state index in [0.717, 1.165) is 17.8 Å². The summed E-state index contributed by atoms with van der Waals surface area (Å²) >= 11 is 0. The Morgan fingerprint density at radius 3 is 2.25 bits per heavy atom. The summed E-state index contributed by atoms with van der Waals surface area (Å²) in [4.78, 5) is 0. The lowest BCUT2D eigenvalue weighted by Gasteiger charge is -2.30. The molecule has 70 valence electrons. The number of hydrogen-bond donors (Lipinski definition) is 0. The first kappa shape index (κ1) is 9.83. The molecular formula is C12H22. The van der Waals surface area contributed by atoms with E-state index in [1.54, 1.807) is 5.57 Å². The molecule has 0 heteroatoms. The zero-order valence-corrected chi connectivity index (χ0v) is 8.93. The summed E-state index contributed by atoms with van der Waals surface area (Å²) in [5.41, 5.74) is 1.71. The molecule has 0 aliphatic heterocycles. The minimum atomic E-state index is 0.827. The Morgan fingerprint density at radius 1 is 1.33 bits per heavy atom. The second-order valence-electron chi connectivity index (χ2n) is 4.35. The number of rotatable bonds is 4. The highest BCUT2D eigenvalue weighted by Crippen LogP contribution is 2.34. The van der Waals surface area contributed by atoms with E-state index >= 15 is 0 Å². The van der Waals surface area contributed by atoms with Crippen molar-refractivity contribution in [2.24, 2.45) is 17.8 Å². The summed E-state index contributed by atoms with van der Waals surface area (Å²) < 4.78 is 0. The molecule has 0 bridgehead atoms. The maximum atomic E-state index is 2.42. The Hall–Kier alpha value is -0.260. The largest absolute Gasteiger partial charge is 0.0847 e. The molecule has 0 N–H and O–H groups in total. The third kappa shape index (κ3) is 1.91. The van der Waals surface area contributed by atoms with Gasteiger partial charge in [0.2, 0.25) is 0 Å². The molecule has 1 aliphatic rings. The fraction of sp³-hybridized carbons (Fsp3) is 0.833. The third-order valence-corrected chi connectivity index (χ3v) is 3.75. The Bertz CT molecular complexity index is 167. The summed E-state index contributed by atoms with van der Waals surface area (Å²) in [5, 5.41) is 0. The molecule has 12 heavy (non-hydrogen) atoms. The molecule has 0 saturated heterocycles. The summed E-state index contributed by atoms with van der Waals surface area (Å²) in [6.07, 6.45) is 6.43. The molecule has 3 atom stereocenters. The van der Waals surface area contributed by atoms with Gasteiger partial charge in [0, 0.05) is 0 Å². The maximum Gasteiger partial charge on any atom is -0.0203 e. The van der Waals surface area contributed by atoms with E-state index in [4.69, 9.17) is 0 Å². The molecule has 1 rings (SSSR count). The fourth-order valence-corrected chi connectivity index (χ4v) is 1.93. The second-order valence-corrected chi connectivity index (χ2v) is 4.35. The van der Waals surface area contributed by atoms with Crippen molar-refractivity contribution in [3.8, 4) is 0 Å². The van der Waals surface area contributed by atoms with Crippen LogP contribution in [0.1, 0.15) is 47.0 Å². The van der Waals surface area contributed by atoms with Crippen molar-refractivity contribution in [1.82, 2.24) is 0 Å². The van der Waals surface area contributed by atoms with E-state index < -0.39 is 0 Å². The Morgan fingerprint density at radius 2 is 1.92 bits per heavy atom. The highest BCUT2D eigenvalue weighted by Gasteiger charge is 2.22. The zero-order chi connectivity index (χ0) is 9.14. The topological polar surface area (TPSA) is 0 Å². The monoisotopic (exact) mass is 166 g/mol. The predicted molar refractivity (Wildman–Crippen MR) is 55.1 cm³/mol. The van der Waals surface area contributed by atoms with Gasteiger partial charge in [-0.25, -0.2) is 0 Å². The van der Waals surface area contributed by atoms with Crippen molar-refractivity contribution < 1.29 is 0 Å². The summed E-state index contributed by atoms with van der Waals surface area (Å²) in [5.74, 6) is 2.57. The quantitative estimate of drug-likeness (QED) is 0.553. The Balaban J connectivity index is 2.45. The van der Waals surface area contributed by atoms with Gasteiger partial charge in [0.25, 0.3) is 0 Å². The Kier molecular flexibility index (Phi) is 3.37. The molecule has 0 saturated carbocycles. The summed E-state index contributed by atoms with van der Waals surface area (Å²) in [6, 6.07) is 0. The Labute approximate surface area is 77.1 Å². The molecule has 0 spiro atoms. The van der Waals surface area contributed by atoms with E-state index in [1.807, 2.05) is 0 Å². The van der Waals surface area contributed by atoms with E-state index in [9.17, 15) is 0 Å². The fourth-order valence-electron chi connectivity index (χ4n) is 1.93. The van der Waals surface area contributed by atoms with Crippen molar-refractivity contribution in [2.75, 3.05) is 0 Å². The average molecular weight is 166 g/mol. The van der Waals surface area contributed by atoms with Crippen LogP contribution in [0.3, 0.4) is 0 Å². The van der Waals surface area contributed by atoms with E-state index in [2.05, 4.69) is 33.8 Å². The molecular weight excluding hydrogens is 144 g/mol.